The van der Waals surface area contributed by atoms with E-state index in [1.165, 1.54) is 9.48 Å². The first-order valence-corrected chi connectivity index (χ1v) is 11.3. The first-order valence-electron chi connectivity index (χ1n) is 11.3. The number of urea groups is 1. The fourth-order valence-electron chi connectivity index (χ4n) is 4.31. The highest BCUT2D eigenvalue weighted by Crippen LogP contribution is 2.32. The monoisotopic (exact) mass is 470 g/mol. The highest BCUT2D eigenvalue weighted by atomic mass is 16.5. The number of rotatable bonds is 7. The maximum Gasteiger partial charge on any atom is 0.501 e. The van der Waals surface area contributed by atoms with E-state index in [0.717, 1.165) is 5.56 Å². The number of anilines is 1. The van der Waals surface area contributed by atoms with E-state index < -0.39 is 23.9 Å². The Morgan fingerprint density at radius 1 is 1.00 bits per heavy atom. The SMILES string of the molecule is COc1ccc(NC(=O)C[N+]2=C3c4ccccc4OC3C(=O)N(CCc3ccccc3)C2=O)cc1. The second-order valence-corrected chi connectivity index (χ2v) is 8.25. The zero-order valence-electron chi connectivity index (χ0n) is 19.1. The lowest BCUT2D eigenvalue weighted by Crippen LogP contribution is -2.59. The zero-order chi connectivity index (χ0) is 24.4. The Labute approximate surface area is 202 Å². The number of fused-ring (bicyclic) bond motifs is 3. The van der Waals surface area contributed by atoms with Crippen LogP contribution >= 0.6 is 0 Å². The van der Waals surface area contributed by atoms with Gasteiger partial charge in [-0.15, -0.1) is 0 Å². The number of hydrogen-bond acceptors (Lipinski definition) is 5. The summed E-state index contributed by atoms with van der Waals surface area (Å²) < 4.78 is 12.4. The third-order valence-electron chi connectivity index (χ3n) is 6.04. The van der Waals surface area contributed by atoms with Crippen LogP contribution in [0.4, 0.5) is 10.5 Å². The maximum atomic E-state index is 13.5. The van der Waals surface area contributed by atoms with Gasteiger partial charge in [-0.05, 0) is 42.0 Å². The van der Waals surface area contributed by atoms with E-state index in [2.05, 4.69) is 5.32 Å². The number of amides is 4. The van der Waals surface area contributed by atoms with Crippen LogP contribution in [0.1, 0.15) is 11.1 Å². The van der Waals surface area contributed by atoms with Gasteiger partial charge in [0, 0.05) is 12.1 Å². The molecule has 8 nitrogen and oxygen atoms in total. The number of benzene rings is 3. The molecule has 0 spiro atoms. The summed E-state index contributed by atoms with van der Waals surface area (Å²) >= 11 is 0. The summed E-state index contributed by atoms with van der Waals surface area (Å²) in [6.07, 6.45) is -0.478. The van der Waals surface area contributed by atoms with Crippen molar-refractivity contribution in [3.05, 3.63) is 90.0 Å². The van der Waals surface area contributed by atoms with E-state index >= 15 is 0 Å². The number of carbonyl (C=O) groups excluding carboxylic acids is 3. The average molecular weight is 471 g/mol. The summed E-state index contributed by atoms with van der Waals surface area (Å²) in [6.45, 7) is -0.0781. The standard InChI is InChI=1S/C27H23N3O5/c1-34-20-13-11-19(12-14-20)28-23(31)17-30-24-21-9-5-6-10-22(21)35-25(24)26(32)29(27(30)33)16-15-18-7-3-2-4-8-18/h2-14,25H,15-17H2,1H3/p+1. The Bertz CT molecular complexity index is 1320. The summed E-state index contributed by atoms with van der Waals surface area (Å²) in [5.41, 5.74) is 2.61. The van der Waals surface area contributed by atoms with Crippen molar-refractivity contribution >= 4 is 29.2 Å². The summed E-state index contributed by atoms with van der Waals surface area (Å²) in [6, 6.07) is 23.1. The number of hydrogen-bond donors (Lipinski definition) is 1. The number of carbonyl (C=O) groups is 3. The van der Waals surface area contributed by atoms with E-state index in [0.29, 0.717) is 34.9 Å². The Kier molecular flexibility index (Phi) is 6.01. The van der Waals surface area contributed by atoms with Crippen molar-refractivity contribution in [2.45, 2.75) is 12.5 Å². The highest BCUT2D eigenvalue weighted by Gasteiger charge is 2.53. The lowest BCUT2D eigenvalue weighted by Gasteiger charge is -2.24. The molecule has 4 amide bonds. The number of nitrogens with zero attached hydrogens (tertiary/aromatic N) is 2. The fraction of sp³-hybridized carbons (Fsp3) is 0.185. The number of nitrogens with one attached hydrogen (secondary N) is 1. The molecule has 0 saturated heterocycles. The average Bonchev–Trinajstić information content (AvgIpc) is 3.27. The van der Waals surface area contributed by atoms with Gasteiger partial charge in [0.15, 0.2) is 12.3 Å². The molecule has 1 N–H and O–H groups in total. The van der Waals surface area contributed by atoms with Crippen LogP contribution in [0.3, 0.4) is 0 Å². The quantitative estimate of drug-likeness (QED) is 0.536. The predicted molar refractivity (Wildman–Crippen MR) is 129 cm³/mol. The molecule has 0 aromatic heterocycles. The van der Waals surface area contributed by atoms with Gasteiger partial charge in [-0.25, -0.2) is 4.79 Å². The Hall–Kier alpha value is -4.46. The molecular formula is C27H24N3O5+. The first-order chi connectivity index (χ1) is 17.0. The molecule has 176 valence electrons. The molecule has 0 radical (unpaired) electrons. The van der Waals surface area contributed by atoms with Crippen LogP contribution in [0.2, 0.25) is 0 Å². The van der Waals surface area contributed by atoms with Crippen molar-refractivity contribution < 1.29 is 28.4 Å². The van der Waals surface area contributed by atoms with E-state index in [-0.39, 0.29) is 13.1 Å². The number of para-hydroxylation sites is 1. The first kappa shape index (κ1) is 22.3. The molecule has 1 unspecified atom stereocenters. The minimum Gasteiger partial charge on any atom is -0.497 e. The molecule has 2 heterocycles. The lowest BCUT2D eigenvalue weighted by atomic mass is 10.0. The van der Waals surface area contributed by atoms with E-state index in [9.17, 15) is 14.4 Å². The Balaban J connectivity index is 1.44. The van der Waals surface area contributed by atoms with Crippen molar-refractivity contribution in [3.8, 4) is 11.5 Å². The third kappa shape index (κ3) is 4.38. The van der Waals surface area contributed by atoms with Gasteiger partial charge in [0.05, 0.1) is 12.7 Å². The van der Waals surface area contributed by atoms with Gasteiger partial charge in [-0.3, -0.25) is 4.79 Å². The van der Waals surface area contributed by atoms with Crippen LogP contribution in [0.15, 0.2) is 78.9 Å². The van der Waals surface area contributed by atoms with Crippen LogP contribution in [-0.4, -0.2) is 59.3 Å². The summed E-state index contributed by atoms with van der Waals surface area (Å²) in [5, 5.41) is 2.80. The molecule has 1 atom stereocenters. The van der Waals surface area contributed by atoms with E-state index in [4.69, 9.17) is 9.47 Å². The normalized spacial score (nSPS) is 16.5. The second kappa shape index (κ2) is 9.42. The summed E-state index contributed by atoms with van der Waals surface area (Å²) in [7, 11) is 1.57. The molecule has 2 aliphatic rings. The van der Waals surface area contributed by atoms with Gasteiger partial charge in [0.2, 0.25) is 0 Å². The van der Waals surface area contributed by atoms with Gasteiger partial charge < -0.3 is 14.8 Å². The Morgan fingerprint density at radius 2 is 1.71 bits per heavy atom. The molecule has 0 aliphatic carbocycles. The fourth-order valence-corrected chi connectivity index (χ4v) is 4.31. The molecule has 0 fully saturated rings. The molecule has 8 heteroatoms. The summed E-state index contributed by atoms with van der Waals surface area (Å²) in [5.74, 6) is 0.361. The van der Waals surface area contributed by atoms with E-state index in [1.807, 2.05) is 36.4 Å². The molecule has 0 bridgehead atoms. The van der Waals surface area contributed by atoms with Crippen LogP contribution in [0, 0.1) is 0 Å². The number of imide groups is 1. The van der Waals surface area contributed by atoms with Gasteiger partial charge in [-0.1, -0.05) is 42.5 Å². The molecular weight excluding hydrogens is 446 g/mol. The molecule has 5 rings (SSSR count). The van der Waals surface area contributed by atoms with Crippen LogP contribution in [0.25, 0.3) is 0 Å². The Morgan fingerprint density at radius 3 is 2.46 bits per heavy atom. The highest BCUT2D eigenvalue weighted by molar-refractivity contribution is 6.22. The maximum absolute atomic E-state index is 13.5. The van der Waals surface area contributed by atoms with Crippen molar-refractivity contribution in [1.82, 2.24) is 4.90 Å². The summed E-state index contributed by atoms with van der Waals surface area (Å²) in [4.78, 5) is 41.0. The van der Waals surface area contributed by atoms with Crippen LogP contribution < -0.4 is 14.8 Å². The van der Waals surface area contributed by atoms with Crippen molar-refractivity contribution in [2.75, 3.05) is 25.5 Å². The van der Waals surface area contributed by atoms with Gasteiger partial charge >= 0.3 is 11.9 Å². The van der Waals surface area contributed by atoms with E-state index in [1.54, 1.807) is 49.6 Å². The van der Waals surface area contributed by atoms with Crippen molar-refractivity contribution in [2.24, 2.45) is 0 Å². The smallest absolute Gasteiger partial charge is 0.497 e. The van der Waals surface area contributed by atoms with Crippen LogP contribution in [-0.2, 0) is 16.0 Å². The largest absolute Gasteiger partial charge is 0.501 e. The van der Waals surface area contributed by atoms with Gasteiger partial charge in [-0.2, -0.15) is 14.3 Å². The third-order valence-corrected chi connectivity index (χ3v) is 6.04. The van der Waals surface area contributed by atoms with Crippen LogP contribution in [0.5, 0.6) is 11.5 Å². The number of methoxy groups -OCH3 is 1. The second-order valence-electron chi connectivity index (χ2n) is 8.25. The minimum atomic E-state index is -0.977. The van der Waals surface area contributed by atoms with Crippen molar-refractivity contribution in [3.63, 3.8) is 0 Å². The lowest BCUT2D eigenvalue weighted by molar-refractivity contribution is -0.428. The number of ether oxygens (including phenoxy) is 2. The van der Waals surface area contributed by atoms with Gasteiger partial charge in [0.1, 0.15) is 18.0 Å². The molecule has 35 heavy (non-hydrogen) atoms. The van der Waals surface area contributed by atoms with Gasteiger partial charge in [0.25, 0.3) is 12.0 Å². The molecule has 3 aromatic carbocycles. The van der Waals surface area contributed by atoms with Crippen molar-refractivity contribution in [1.29, 1.82) is 0 Å². The predicted octanol–water partition coefficient (Wildman–Crippen LogP) is 3.10. The topological polar surface area (TPSA) is 87.9 Å². The molecule has 3 aromatic rings. The molecule has 0 saturated carbocycles. The zero-order valence-corrected chi connectivity index (χ0v) is 19.1. The minimum absolute atomic E-state index is 0.182. The molecule has 2 aliphatic heterocycles.